The van der Waals surface area contributed by atoms with Gasteiger partial charge in [-0.15, -0.1) is 11.8 Å². The van der Waals surface area contributed by atoms with E-state index in [1.54, 1.807) is 0 Å². The second-order valence-electron chi connectivity index (χ2n) is 4.72. The van der Waals surface area contributed by atoms with Gasteiger partial charge in [0, 0.05) is 5.41 Å². The molecule has 1 saturated carbocycles. The minimum Gasteiger partial charge on any atom is -0.383 e. The first-order chi connectivity index (χ1) is 8.56. The molecule has 0 aromatic rings. The third kappa shape index (κ3) is 1.70. The summed E-state index contributed by atoms with van der Waals surface area (Å²) in [6.45, 7) is 0. The first-order valence-corrected chi connectivity index (χ1v) is 7.11. The van der Waals surface area contributed by atoms with Gasteiger partial charge in [-0.1, -0.05) is 12.8 Å². The van der Waals surface area contributed by atoms with Gasteiger partial charge in [-0.25, -0.2) is 4.99 Å². The van der Waals surface area contributed by atoms with Gasteiger partial charge in [0.05, 0.1) is 22.6 Å². The predicted octanol–water partition coefficient (Wildman–Crippen LogP) is 1.12. The average Bonchev–Trinajstić information content (AvgIpc) is 2.77. The Bertz CT molecular complexity index is 483. The highest BCUT2D eigenvalue weighted by molar-refractivity contribution is 8.13. The molecule has 1 aliphatic carbocycles. The third-order valence-corrected chi connectivity index (χ3v) is 4.63. The van der Waals surface area contributed by atoms with Crippen LogP contribution >= 0.6 is 11.8 Å². The van der Waals surface area contributed by atoms with E-state index >= 15 is 0 Å². The number of amides is 1. The number of thioether (sulfide) groups is 1. The molecule has 6 heteroatoms. The minimum absolute atomic E-state index is 0.251. The Hall–Kier alpha value is -1.48. The molecule has 1 spiro atoms. The molecule has 1 atom stereocenters. The van der Waals surface area contributed by atoms with Gasteiger partial charge in [-0.05, 0) is 19.1 Å². The van der Waals surface area contributed by atoms with Crippen LogP contribution < -0.4 is 11.5 Å². The Labute approximate surface area is 110 Å². The largest absolute Gasteiger partial charge is 0.383 e. The van der Waals surface area contributed by atoms with Crippen LogP contribution in [0.5, 0.6) is 0 Å². The molecule has 1 fully saturated rings. The van der Waals surface area contributed by atoms with Crippen molar-refractivity contribution < 1.29 is 4.79 Å². The molecule has 0 saturated heterocycles. The van der Waals surface area contributed by atoms with Crippen LogP contribution in [-0.2, 0) is 4.79 Å². The molecule has 2 rings (SSSR count). The topological polar surface area (TPSA) is 105 Å². The molecule has 1 heterocycles. The number of aliphatic imine (C=N–C) groups is 1. The molecule has 0 aromatic heterocycles. The predicted molar refractivity (Wildman–Crippen MR) is 71.4 cm³/mol. The standard InChI is InChI=1S/C12H16N4OS/c1-18-11-8(10(15)17)12(4-2-3-5-12)7(6-13)9(14)16-11/h8H,2-5,14H2,1H3,(H2,15,17). The van der Waals surface area contributed by atoms with Crippen LogP contribution in [0.25, 0.3) is 0 Å². The molecule has 1 unspecified atom stereocenters. The lowest BCUT2D eigenvalue weighted by molar-refractivity contribution is -0.122. The number of carbonyl (C=O) groups is 1. The quantitative estimate of drug-likeness (QED) is 0.740. The molecule has 0 aromatic carbocycles. The maximum absolute atomic E-state index is 11.8. The number of hydrogen-bond donors (Lipinski definition) is 2. The number of nitriles is 1. The Kier molecular flexibility index (Phi) is 3.35. The van der Waals surface area contributed by atoms with Crippen LogP contribution in [0.1, 0.15) is 25.7 Å². The van der Waals surface area contributed by atoms with E-state index in [0.717, 1.165) is 25.7 Å². The highest BCUT2D eigenvalue weighted by atomic mass is 32.2. The van der Waals surface area contributed by atoms with Crippen molar-refractivity contribution in [3.05, 3.63) is 11.4 Å². The average molecular weight is 264 g/mol. The Morgan fingerprint density at radius 2 is 2.17 bits per heavy atom. The molecule has 2 aliphatic rings. The first-order valence-electron chi connectivity index (χ1n) is 5.89. The van der Waals surface area contributed by atoms with Crippen LogP contribution in [0, 0.1) is 22.7 Å². The van der Waals surface area contributed by atoms with Gasteiger partial charge < -0.3 is 11.5 Å². The van der Waals surface area contributed by atoms with Crippen LogP contribution in [0.3, 0.4) is 0 Å². The monoisotopic (exact) mass is 264 g/mol. The van der Waals surface area contributed by atoms with Crippen LogP contribution in [-0.4, -0.2) is 17.2 Å². The summed E-state index contributed by atoms with van der Waals surface area (Å²) >= 11 is 1.38. The van der Waals surface area contributed by atoms with E-state index in [1.165, 1.54) is 11.8 Å². The Morgan fingerprint density at radius 3 is 2.61 bits per heavy atom. The lowest BCUT2D eigenvalue weighted by atomic mass is 9.67. The van der Waals surface area contributed by atoms with Gasteiger partial charge in [0.2, 0.25) is 5.91 Å². The summed E-state index contributed by atoms with van der Waals surface area (Å²) in [6.07, 6.45) is 5.39. The van der Waals surface area contributed by atoms with Crippen LogP contribution in [0.2, 0.25) is 0 Å². The Balaban J connectivity index is 2.62. The van der Waals surface area contributed by atoms with Crippen molar-refractivity contribution in [3.8, 4) is 6.07 Å². The molecule has 0 bridgehead atoms. The summed E-state index contributed by atoms with van der Waals surface area (Å²) in [7, 11) is 0. The van der Waals surface area contributed by atoms with Crippen LogP contribution in [0.15, 0.2) is 16.4 Å². The number of nitrogens with two attached hydrogens (primary N) is 2. The lowest BCUT2D eigenvalue weighted by Crippen LogP contribution is -2.46. The molecule has 5 nitrogen and oxygen atoms in total. The number of hydrogen-bond acceptors (Lipinski definition) is 5. The normalized spacial score (nSPS) is 26.0. The van der Waals surface area contributed by atoms with E-state index in [1.807, 2.05) is 6.26 Å². The van der Waals surface area contributed by atoms with E-state index in [9.17, 15) is 10.1 Å². The van der Waals surface area contributed by atoms with Gasteiger partial charge in [-0.2, -0.15) is 5.26 Å². The minimum atomic E-state index is -0.509. The first kappa shape index (κ1) is 13.0. The highest BCUT2D eigenvalue weighted by Gasteiger charge is 2.52. The summed E-state index contributed by atoms with van der Waals surface area (Å²) in [5.74, 6) is -0.663. The van der Waals surface area contributed by atoms with Gasteiger partial charge in [0.25, 0.3) is 0 Å². The fourth-order valence-electron chi connectivity index (χ4n) is 3.15. The number of carbonyl (C=O) groups excluding carboxylic acids is 1. The van der Waals surface area contributed by atoms with Gasteiger partial charge in [-0.3, -0.25) is 4.79 Å². The van der Waals surface area contributed by atoms with Gasteiger partial charge in [0.1, 0.15) is 5.82 Å². The van der Waals surface area contributed by atoms with Crippen molar-refractivity contribution in [3.63, 3.8) is 0 Å². The van der Waals surface area contributed by atoms with E-state index in [0.29, 0.717) is 10.6 Å². The fraction of sp³-hybridized carbons (Fsp3) is 0.583. The number of allylic oxidation sites excluding steroid dienone is 1. The van der Waals surface area contributed by atoms with Crippen molar-refractivity contribution >= 4 is 22.7 Å². The smallest absolute Gasteiger partial charge is 0.228 e. The van der Waals surface area contributed by atoms with Gasteiger partial charge in [0.15, 0.2) is 0 Å². The molecule has 18 heavy (non-hydrogen) atoms. The van der Waals surface area contributed by atoms with Crippen molar-refractivity contribution in [2.24, 2.45) is 27.8 Å². The second-order valence-corrected chi connectivity index (χ2v) is 5.55. The van der Waals surface area contributed by atoms with Crippen LogP contribution in [0.4, 0.5) is 0 Å². The van der Waals surface area contributed by atoms with Gasteiger partial charge >= 0.3 is 0 Å². The maximum Gasteiger partial charge on any atom is 0.228 e. The summed E-state index contributed by atoms with van der Waals surface area (Å²) < 4.78 is 0. The zero-order valence-corrected chi connectivity index (χ0v) is 11.1. The zero-order valence-electron chi connectivity index (χ0n) is 10.3. The number of nitrogens with zero attached hydrogens (tertiary/aromatic N) is 2. The summed E-state index contributed by atoms with van der Waals surface area (Å²) in [6, 6.07) is 2.15. The molecular formula is C12H16N4OS. The summed E-state index contributed by atoms with van der Waals surface area (Å²) in [5, 5.41) is 9.97. The Morgan fingerprint density at radius 1 is 1.56 bits per heavy atom. The molecular weight excluding hydrogens is 248 g/mol. The molecule has 1 aliphatic heterocycles. The molecule has 1 amide bonds. The molecule has 4 N–H and O–H groups in total. The number of rotatable bonds is 1. The van der Waals surface area contributed by atoms with Crippen molar-refractivity contribution in [2.45, 2.75) is 25.7 Å². The SMILES string of the molecule is CSC1=NC(N)=C(C#N)C2(CCCC2)C1C(N)=O. The van der Waals surface area contributed by atoms with E-state index in [2.05, 4.69) is 11.1 Å². The molecule has 0 radical (unpaired) electrons. The summed E-state index contributed by atoms with van der Waals surface area (Å²) in [4.78, 5) is 16.0. The highest BCUT2D eigenvalue weighted by Crippen LogP contribution is 2.53. The number of primary amides is 1. The third-order valence-electron chi connectivity index (χ3n) is 3.89. The lowest BCUT2D eigenvalue weighted by Gasteiger charge is -2.38. The van der Waals surface area contributed by atoms with E-state index in [-0.39, 0.29) is 5.82 Å². The maximum atomic E-state index is 11.8. The zero-order chi connectivity index (χ0) is 13.3. The van der Waals surface area contributed by atoms with Crippen molar-refractivity contribution in [2.75, 3.05) is 6.26 Å². The van der Waals surface area contributed by atoms with E-state index < -0.39 is 17.2 Å². The summed E-state index contributed by atoms with van der Waals surface area (Å²) in [5.41, 5.74) is 11.4. The van der Waals surface area contributed by atoms with Crippen molar-refractivity contribution in [1.82, 2.24) is 0 Å². The van der Waals surface area contributed by atoms with E-state index in [4.69, 9.17) is 11.5 Å². The second kappa shape index (κ2) is 4.65. The van der Waals surface area contributed by atoms with Crippen molar-refractivity contribution in [1.29, 1.82) is 5.26 Å². The molecule has 96 valence electrons. The fourth-order valence-corrected chi connectivity index (χ4v) is 3.91.